The van der Waals surface area contributed by atoms with Gasteiger partial charge in [-0.25, -0.2) is 4.79 Å². The smallest absolute Gasteiger partial charge is 0.410 e. The normalized spacial score (nSPS) is 24.8. The predicted octanol–water partition coefficient (Wildman–Crippen LogP) is 2.81. The number of nitrogens with zero attached hydrogens (tertiary/aromatic N) is 2. The molecule has 1 N–H and O–H groups in total. The highest BCUT2D eigenvalue weighted by Gasteiger charge is 2.46. The Morgan fingerprint density at radius 3 is 2.48 bits per heavy atom. The van der Waals surface area contributed by atoms with Gasteiger partial charge in [-0.2, -0.15) is 0 Å². The van der Waals surface area contributed by atoms with Crippen molar-refractivity contribution in [2.24, 2.45) is 0 Å². The van der Waals surface area contributed by atoms with Crippen molar-refractivity contribution in [1.82, 2.24) is 9.80 Å². The van der Waals surface area contributed by atoms with E-state index in [-0.39, 0.29) is 11.7 Å². The van der Waals surface area contributed by atoms with Gasteiger partial charge in [-0.15, -0.1) is 0 Å². The van der Waals surface area contributed by atoms with Gasteiger partial charge in [-0.3, -0.25) is 4.90 Å². The van der Waals surface area contributed by atoms with Crippen molar-refractivity contribution in [3.05, 3.63) is 35.4 Å². The van der Waals surface area contributed by atoms with Crippen molar-refractivity contribution in [1.29, 1.82) is 0 Å². The summed E-state index contributed by atoms with van der Waals surface area (Å²) in [7, 11) is 1.81. The summed E-state index contributed by atoms with van der Waals surface area (Å²) in [5, 5.41) is 9.84. The Morgan fingerprint density at radius 1 is 1.20 bits per heavy atom. The molecule has 0 saturated carbocycles. The van der Waals surface area contributed by atoms with E-state index < -0.39 is 5.60 Å². The van der Waals surface area contributed by atoms with E-state index in [1.807, 2.05) is 20.9 Å². The van der Waals surface area contributed by atoms with Crippen LogP contribution in [0, 0.1) is 0 Å². The molecule has 1 amide bonds. The Balaban J connectivity index is 1.56. The van der Waals surface area contributed by atoms with Crippen LogP contribution in [0.2, 0.25) is 0 Å². The molecule has 1 atom stereocenters. The molecule has 2 aliphatic rings. The molecule has 2 heterocycles. The van der Waals surface area contributed by atoms with Crippen molar-refractivity contribution in [3.8, 4) is 0 Å². The first-order valence-corrected chi connectivity index (χ1v) is 9.21. The number of hydrogen-bond acceptors (Lipinski definition) is 4. The van der Waals surface area contributed by atoms with Crippen LogP contribution in [-0.4, -0.2) is 58.9 Å². The summed E-state index contributed by atoms with van der Waals surface area (Å²) in [6, 6.07) is 8.66. The molecule has 0 bridgehead atoms. The van der Waals surface area contributed by atoms with Gasteiger partial charge in [0.25, 0.3) is 0 Å². The van der Waals surface area contributed by atoms with E-state index in [0.717, 1.165) is 45.3 Å². The minimum absolute atomic E-state index is 0.196. The Morgan fingerprint density at radius 2 is 1.88 bits per heavy atom. The quantitative estimate of drug-likeness (QED) is 0.891. The maximum Gasteiger partial charge on any atom is 0.410 e. The first-order valence-electron chi connectivity index (χ1n) is 9.21. The van der Waals surface area contributed by atoms with Crippen molar-refractivity contribution in [2.75, 3.05) is 26.7 Å². The fraction of sp³-hybridized carbons (Fsp3) is 0.650. The van der Waals surface area contributed by atoms with Crippen molar-refractivity contribution in [2.45, 2.75) is 57.3 Å². The molecule has 0 radical (unpaired) electrons. The number of ether oxygens (including phenoxy) is 1. The van der Waals surface area contributed by atoms with Crippen LogP contribution in [0.1, 0.15) is 44.2 Å². The van der Waals surface area contributed by atoms with Crippen molar-refractivity contribution < 1.29 is 14.6 Å². The van der Waals surface area contributed by atoms with Crippen LogP contribution < -0.4 is 0 Å². The first kappa shape index (κ1) is 18.2. The summed E-state index contributed by atoms with van der Waals surface area (Å²) < 4.78 is 5.67. The molecule has 1 spiro atoms. The molecule has 5 nitrogen and oxygen atoms in total. The van der Waals surface area contributed by atoms with Crippen LogP contribution in [0.3, 0.4) is 0 Å². The zero-order chi connectivity index (χ0) is 18.1. The number of carbonyl (C=O) groups excluding carboxylic acids is 1. The van der Waals surface area contributed by atoms with Gasteiger partial charge in [0.1, 0.15) is 5.60 Å². The Bertz CT molecular complexity index is 608. The molecule has 5 heteroatoms. The molecule has 0 aliphatic carbocycles. The van der Waals surface area contributed by atoms with E-state index in [0.29, 0.717) is 6.54 Å². The van der Waals surface area contributed by atoms with Crippen LogP contribution in [0.4, 0.5) is 4.79 Å². The third-order valence-corrected chi connectivity index (χ3v) is 5.21. The Kier molecular flexibility index (Phi) is 5.07. The fourth-order valence-corrected chi connectivity index (χ4v) is 3.85. The van der Waals surface area contributed by atoms with E-state index in [4.69, 9.17) is 4.74 Å². The summed E-state index contributed by atoms with van der Waals surface area (Å²) in [5.41, 5.74) is 1.60. The molecule has 2 fully saturated rings. The second-order valence-electron chi connectivity index (χ2n) is 8.35. The van der Waals surface area contributed by atoms with E-state index in [2.05, 4.69) is 29.2 Å². The van der Waals surface area contributed by atoms with E-state index in [9.17, 15) is 9.90 Å². The third-order valence-electron chi connectivity index (χ3n) is 5.21. The standard InChI is InChI=1S/C20H30N2O3/c1-19(2,24)11-9-16-5-7-17(8-6-16)13-22-12-4-10-20(15-22)14-21(3)18(23)25-20/h5-8,24H,4,9-15H2,1-3H3. The van der Waals surface area contributed by atoms with Gasteiger partial charge >= 0.3 is 6.09 Å². The number of aliphatic hydroxyl groups is 1. The highest BCUT2D eigenvalue weighted by atomic mass is 16.6. The minimum atomic E-state index is -0.618. The van der Waals surface area contributed by atoms with Crippen molar-refractivity contribution in [3.63, 3.8) is 0 Å². The molecule has 1 aromatic carbocycles. The van der Waals surface area contributed by atoms with Gasteiger partial charge in [-0.1, -0.05) is 24.3 Å². The number of carbonyl (C=O) groups is 1. The largest absolute Gasteiger partial charge is 0.440 e. The lowest BCUT2D eigenvalue weighted by Gasteiger charge is -2.38. The van der Waals surface area contributed by atoms with E-state index in [1.165, 1.54) is 11.1 Å². The number of likely N-dealkylation sites (tertiary alicyclic amines) is 1. The van der Waals surface area contributed by atoms with Gasteiger partial charge in [0.15, 0.2) is 0 Å². The van der Waals surface area contributed by atoms with Gasteiger partial charge < -0.3 is 14.7 Å². The molecule has 0 aromatic heterocycles. The topological polar surface area (TPSA) is 53.0 Å². The molecule has 1 unspecified atom stereocenters. The highest BCUT2D eigenvalue weighted by Crippen LogP contribution is 2.32. The van der Waals surface area contributed by atoms with Crippen molar-refractivity contribution >= 4 is 6.09 Å². The lowest BCUT2D eigenvalue weighted by atomic mass is 9.92. The van der Waals surface area contributed by atoms with Gasteiger partial charge in [0, 0.05) is 20.1 Å². The molecule has 138 valence electrons. The Hall–Kier alpha value is -1.59. The number of rotatable bonds is 5. The molecular weight excluding hydrogens is 316 g/mol. The number of likely N-dealkylation sites (N-methyl/N-ethyl adjacent to an activating group) is 1. The number of hydrogen-bond donors (Lipinski definition) is 1. The number of aryl methyl sites for hydroxylation is 1. The van der Waals surface area contributed by atoms with Gasteiger partial charge in [-0.05, 0) is 57.2 Å². The number of amides is 1. The lowest BCUT2D eigenvalue weighted by Crippen LogP contribution is -2.50. The SMILES string of the molecule is CN1CC2(CCCN(Cc3ccc(CCC(C)(C)O)cc3)C2)OC1=O. The summed E-state index contributed by atoms with van der Waals surface area (Å²) in [5.74, 6) is 0. The minimum Gasteiger partial charge on any atom is -0.440 e. The van der Waals surface area contributed by atoms with E-state index in [1.54, 1.807) is 4.90 Å². The Labute approximate surface area is 150 Å². The summed E-state index contributed by atoms with van der Waals surface area (Å²) >= 11 is 0. The third kappa shape index (κ3) is 4.73. The highest BCUT2D eigenvalue weighted by molar-refractivity contribution is 5.70. The number of piperidine rings is 1. The fourth-order valence-electron chi connectivity index (χ4n) is 3.85. The zero-order valence-electron chi connectivity index (χ0n) is 15.6. The molecule has 25 heavy (non-hydrogen) atoms. The summed E-state index contributed by atoms with van der Waals surface area (Å²) in [6.07, 6.45) is 3.47. The zero-order valence-corrected chi connectivity index (χ0v) is 15.6. The predicted molar refractivity (Wildman–Crippen MR) is 97.4 cm³/mol. The summed E-state index contributed by atoms with van der Waals surface area (Å²) in [4.78, 5) is 15.8. The average Bonchev–Trinajstić information content (AvgIpc) is 2.79. The average molecular weight is 346 g/mol. The number of benzene rings is 1. The van der Waals surface area contributed by atoms with Crippen LogP contribution in [0.15, 0.2) is 24.3 Å². The van der Waals surface area contributed by atoms with Crippen LogP contribution >= 0.6 is 0 Å². The second kappa shape index (κ2) is 6.96. The van der Waals surface area contributed by atoms with Gasteiger partial charge in [0.05, 0.1) is 12.1 Å². The van der Waals surface area contributed by atoms with Crippen LogP contribution in [0.5, 0.6) is 0 Å². The first-order chi connectivity index (χ1) is 11.7. The molecule has 2 saturated heterocycles. The van der Waals surface area contributed by atoms with Crippen LogP contribution in [0.25, 0.3) is 0 Å². The lowest BCUT2D eigenvalue weighted by molar-refractivity contribution is -0.0113. The summed E-state index contributed by atoms with van der Waals surface area (Å²) in [6.45, 7) is 7.13. The molecule has 3 rings (SSSR count). The maximum atomic E-state index is 11.7. The maximum absolute atomic E-state index is 11.7. The molecule has 1 aromatic rings. The monoisotopic (exact) mass is 346 g/mol. The molecular formula is C20H30N2O3. The van der Waals surface area contributed by atoms with Crippen LogP contribution in [-0.2, 0) is 17.7 Å². The molecule has 2 aliphatic heterocycles. The second-order valence-corrected chi connectivity index (χ2v) is 8.35. The van der Waals surface area contributed by atoms with Gasteiger partial charge in [0.2, 0.25) is 0 Å². The van der Waals surface area contributed by atoms with E-state index >= 15 is 0 Å².